The van der Waals surface area contributed by atoms with Gasteiger partial charge in [-0.3, -0.25) is 9.48 Å². The molecule has 27 heavy (non-hydrogen) atoms. The molecule has 0 bridgehead atoms. The highest BCUT2D eigenvalue weighted by molar-refractivity contribution is 7.21. The SMILES string of the molecule is Cc1nn(CC(C)C)c2sc(C(=O)C(C#N)c3nc4ccccc4s3)cc12. The lowest BCUT2D eigenvalue weighted by atomic mass is 10.1. The molecular formula is C20H18N4OS2. The number of para-hydroxylation sites is 1. The predicted octanol–water partition coefficient (Wildman–Crippen LogP) is 5.16. The Bertz CT molecular complexity index is 1160. The van der Waals surface area contributed by atoms with Gasteiger partial charge < -0.3 is 0 Å². The number of aromatic nitrogens is 3. The summed E-state index contributed by atoms with van der Waals surface area (Å²) in [6, 6.07) is 11.7. The summed E-state index contributed by atoms with van der Waals surface area (Å²) in [6.45, 7) is 7.04. The van der Waals surface area contributed by atoms with Gasteiger partial charge in [0.05, 0.1) is 26.9 Å². The normalized spacial score (nSPS) is 12.7. The second-order valence-corrected chi connectivity index (χ2v) is 9.03. The van der Waals surface area contributed by atoms with Crippen LogP contribution in [0, 0.1) is 24.2 Å². The first-order chi connectivity index (χ1) is 13.0. The molecule has 3 aromatic heterocycles. The number of carbonyl (C=O) groups is 1. The van der Waals surface area contributed by atoms with E-state index >= 15 is 0 Å². The summed E-state index contributed by atoms with van der Waals surface area (Å²) >= 11 is 2.83. The standard InChI is InChI=1S/C20H18N4OS2/c1-11(2)10-24-20-13(12(3)23-24)8-17(27-20)18(25)14(9-21)19-22-15-6-4-5-7-16(15)26-19/h4-8,11,14H,10H2,1-3H3. The number of nitrogens with zero attached hydrogens (tertiary/aromatic N) is 4. The van der Waals surface area contributed by atoms with Crippen molar-refractivity contribution in [2.45, 2.75) is 33.2 Å². The summed E-state index contributed by atoms with van der Waals surface area (Å²) in [5.41, 5.74) is 1.74. The van der Waals surface area contributed by atoms with Gasteiger partial charge >= 0.3 is 0 Å². The zero-order valence-corrected chi connectivity index (χ0v) is 16.9. The monoisotopic (exact) mass is 394 g/mol. The number of thiophene rings is 1. The van der Waals surface area contributed by atoms with Crippen LogP contribution in [0.1, 0.15) is 40.1 Å². The van der Waals surface area contributed by atoms with Crippen LogP contribution in [0.15, 0.2) is 30.3 Å². The van der Waals surface area contributed by atoms with Gasteiger partial charge in [0, 0.05) is 11.9 Å². The Morgan fingerprint density at radius 3 is 2.78 bits per heavy atom. The van der Waals surface area contributed by atoms with Crippen molar-refractivity contribution in [3.05, 3.63) is 45.9 Å². The second kappa shape index (κ2) is 6.87. The van der Waals surface area contributed by atoms with Crippen molar-refractivity contribution in [3.8, 4) is 6.07 Å². The van der Waals surface area contributed by atoms with Crippen molar-refractivity contribution in [1.29, 1.82) is 5.26 Å². The number of hydrogen-bond acceptors (Lipinski definition) is 6. The minimum atomic E-state index is -0.878. The molecule has 4 aromatic rings. The van der Waals surface area contributed by atoms with Gasteiger partial charge in [-0.25, -0.2) is 4.98 Å². The second-order valence-electron chi connectivity index (χ2n) is 6.94. The molecule has 0 amide bonds. The molecule has 0 aliphatic carbocycles. The average Bonchev–Trinajstić information content (AvgIpc) is 3.31. The van der Waals surface area contributed by atoms with E-state index in [0.29, 0.717) is 15.8 Å². The molecule has 7 heteroatoms. The van der Waals surface area contributed by atoms with Crippen molar-refractivity contribution in [1.82, 2.24) is 14.8 Å². The van der Waals surface area contributed by atoms with Gasteiger partial charge in [0.25, 0.3) is 0 Å². The Hall–Kier alpha value is -2.56. The maximum atomic E-state index is 13.1. The molecule has 0 aliphatic rings. The van der Waals surface area contributed by atoms with Crippen LogP contribution < -0.4 is 0 Å². The van der Waals surface area contributed by atoms with E-state index in [-0.39, 0.29) is 5.78 Å². The number of rotatable bonds is 5. The molecule has 1 aromatic carbocycles. The summed E-state index contributed by atoms with van der Waals surface area (Å²) in [7, 11) is 0. The fourth-order valence-electron chi connectivity index (χ4n) is 3.09. The Balaban J connectivity index is 1.73. The number of hydrogen-bond donors (Lipinski definition) is 0. The van der Waals surface area contributed by atoms with Gasteiger partial charge in [-0.2, -0.15) is 10.4 Å². The third-order valence-electron chi connectivity index (χ3n) is 4.34. The summed E-state index contributed by atoms with van der Waals surface area (Å²) < 4.78 is 2.95. The summed E-state index contributed by atoms with van der Waals surface area (Å²) in [5, 5.41) is 15.8. The first-order valence-corrected chi connectivity index (χ1v) is 10.4. The van der Waals surface area contributed by atoms with Crippen LogP contribution in [0.25, 0.3) is 20.4 Å². The Morgan fingerprint density at radius 1 is 1.30 bits per heavy atom. The van der Waals surface area contributed by atoms with Crippen molar-refractivity contribution in [3.63, 3.8) is 0 Å². The molecule has 0 aliphatic heterocycles. The number of fused-ring (bicyclic) bond motifs is 2. The van der Waals surface area contributed by atoms with Crippen molar-refractivity contribution in [2.75, 3.05) is 0 Å². The molecule has 0 saturated heterocycles. The molecule has 4 rings (SSSR count). The number of nitriles is 1. The molecule has 0 radical (unpaired) electrons. The number of ketones is 1. The van der Waals surface area contributed by atoms with Gasteiger partial charge in [-0.1, -0.05) is 26.0 Å². The van der Waals surface area contributed by atoms with E-state index in [1.165, 1.54) is 22.7 Å². The molecular weight excluding hydrogens is 376 g/mol. The lowest BCUT2D eigenvalue weighted by Gasteiger charge is -2.05. The zero-order valence-electron chi connectivity index (χ0n) is 15.3. The van der Waals surface area contributed by atoms with Crippen LogP contribution >= 0.6 is 22.7 Å². The lowest BCUT2D eigenvalue weighted by Crippen LogP contribution is -2.09. The number of Topliss-reactive ketones (excluding diaryl/α,β-unsaturated/α-hetero) is 1. The third-order valence-corrected chi connectivity index (χ3v) is 6.60. The van der Waals surface area contributed by atoms with Crippen molar-refractivity contribution in [2.24, 2.45) is 5.92 Å². The smallest absolute Gasteiger partial charge is 0.196 e. The summed E-state index contributed by atoms with van der Waals surface area (Å²) in [5.74, 6) is -0.603. The van der Waals surface area contributed by atoms with Crippen LogP contribution in [0.4, 0.5) is 0 Å². The van der Waals surface area contributed by atoms with Crippen LogP contribution in [0.3, 0.4) is 0 Å². The fraction of sp³-hybridized carbons (Fsp3) is 0.300. The molecule has 1 unspecified atom stereocenters. The number of thiazole rings is 1. The molecule has 5 nitrogen and oxygen atoms in total. The summed E-state index contributed by atoms with van der Waals surface area (Å²) in [6.07, 6.45) is 0. The van der Waals surface area contributed by atoms with Crippen LogP contribution in [0.5, 0.6) is 0 Å². The molecule has 1 atom stereocenters. The summed E-state index contributed by atoms with van der Waals surface area (Å²) in [4.78, 5) is 19.2. The minimum absolute atomic E-state index is 0.187. The first-order valence-electron chi connectivity index (χ1n) is 8.74. The number of benzene rings is 1. The van der Waals surface area contributed by atoms with E-state index in [4.69, 9.17) is 0 Å². The van der Waals surface area contributed by atoms with E-state index in [9.17, 15) is 10.1 Å². The van der Waals surface area contributed by atoms with Crippen molar-refractivity contribution >= 4 is 48.9 Å². The largest absolute Gasteiger partial charge is 0.291 e. The topological polar surface area (TPSA) is 71.6 Å². The molecule has 0 fully saturated rings. The van der Waals surface area contributed by atoms with E-state index in [1.54, 1.807) is 0 Å². The first kappa shape index (κ1) is 17.8. The lowest BCUT2D eigenvalue weighted by molar-refractivity contribution is 0.0983. The molecule has 0 spiro atoms. The van der Waals surface area contributed by atoms with E-state index in [2.05, 4.69) is 30.0 Å². The number of carbonyl (C=O) groups excluding carboxylic acids is 1. The predicted molar refractivity (Wildman–Crippen MR) is 109 cm³/mol. The maximum absolute atomic E-state index is 13.1. The molecule has 0 saturated carbocycles. The van der Waals surface area contributed by atoms with Crippen LogP contribution in [0.2, 0.25) is 0 Å². The Labute approximate surface area is 164 Å². The highest BCUT2D eigenvalue weighted by Gasteiger charge is 2.28. The fourth-order valence-corrected chi connectivity index (χ4v) is 5.24. The van der Waals surface area contributed by atoms with Gasteiger partial charge in [0.2, 0.25) is 0 Å². The van der Waals surface area contributed by atoms with Crippen molar-refractivity contribution < 1.29 is 4.79 Å². The van der Waals surface area contributed by atoms with Gasteiger partial charge in [0.15, 0.2) is 11.7 Å². The quantitative estimate of drug-likeness (QED) is 0.438. The van der Waals surface area contributed by atoms with E-state index < -0.39 is 5.92 Å². The van der Waals surface area contributed by atoms with E-state index in [1.807, 2.05) is 41.9 Å². The highest BCUT2D eigenvalue weighted by Crippen LogP contribution is 2.34. The Kier molecular flexibility index (Phi) is 4.54. The minimum Gasteiger partial charge on any atom is -0.291 e. The highest BCUT2D eigenvalue weighted by atomic mass is 32.1. The Morgan fingerprint density at radius 2 is 2.07 bits per heavy atom. The van der Waals surface area contributed by atoms with E-state index in [0.717, 1.165) is 32.7 Å². The third kappa shape index (κ3) is 3.15. The average molecular weight is 395 g/mol. The maximum Gasteiger partial charge on any atom is 0.196 e. The number of aryl methyl sites for hydroxylation is 1. The van der Waals surface area contributed by atoms with Gasteiger partial charge in [0.1, 0.15) is 9.84 Å². The van der Waals surface area contributed by atoms with Gasteiger partial charge in [-0.05, 0) is 31.0 Å². The molecule has 3 heterocycles. The van der Waals surface area contributed by atoms with Gasteiger partial charge in [-0.15, -0.1) is 22.7 Å². The van der Waals surface area contributed by atoms with Crippen LogP contribution in [-0.4, -0.2) is 20.5 Å². The van der Waals surface area contributed by atoms with Crippen LogP contribution in [-0.2, 0) is 6.54 Å². The zero-order chi connectivity index (χ0) is 19.1. The molecule has 136 valence electrons. The molecule has 0 N–H and O–H groups in total.